The Morgan fingerprint density at radius 3 is 2.81 bits per heavy atom. The fourth-order valence-electron chi connectivity index (χ4n) is 1.42. The van der Waals surface area contributed by atoms with Gasteiger partial charge in [0.1, 0.15) is 0 Å². The summed E-state index contributed by atoms with van der Waals surface area (Å²) < 4.78 is 0. The van der Waals surface area contributed by atoms with Crippen molar-refractivity contribution in [3.8, 4) is 0 Å². The van der Waals surface area contributed by atoms with Gasteiger partial charge >= 0.3 is 0 Å². The Morgan fingerprint density at radius 2 is 2.12 bits per heavy atom. The van der Waals surface area contributed by atoms with Gasteiger partial charge in [0.25, 0.3) is 0 Å². The lowest BCUT2D eigenvalue weighted by molar-refractivity contribution is 1.11. The first-order chi connectivity index (χ1) is 7.77. The quantitative estimate of drug-likeness (QED) is 0.802. The van der Waals surface area contributed by atoms with Crippen LogP contribution in [-0.4, -0.2) is 4.98 Å². The van der Waals surface area contributed by atoms with Gasteiger partial charge in [0.05, 0.1) is 16.4 Å². The van der Waals surface area contributed by atoms with E-state index in [1.165, 1.54) is 0 Å². The molecule has 0 saturated heterocycles. The standard InChI is InChI=1S/C12H12ClN3/c13-10-4-1-5-11(14)12(10)16-8-9-3-2-6-15-7-9/h1-7,16H,8,14H2. The van der Waals surface area contributed by atoms with Crippen molar-refractivity contribution >= 4 is 23.0 Å². The molecule has 1 aromatic carbocycles. The summed E-state index contributed by atoms with van der Waals surface area (Å²) in [6.45, 7) is 0.655. The molecular formula is C12H12ClN3. The molecule has 4 heteroatoms. The lowest BCUT2D eigenvalue weighted by Crippen LogP contribution is -2.03. The summed E-state index contributed by atoms with van der Waals surface area (Å²) in [5, 5.41) is 3.83. The van der Waals surface area contributed by atoms with E-state index < -0.39 is 0 Å². The highest BCUT2D eigenvalue weighted by Crippen LogP contribution is 2.28. The van der Waals surface area contributed by atoms with Crippen LogP contribution in [0.2, 0.25) is 5.02 Å². The van der Waals surface area contributed by atoms with Gasteiger partial charge in [-0.05, 0) is 23.8 Å². The van der Waals surface area contributed by atoms with E-state index in [0.29, 0.717) is 17.3 Å². The maximum Gasteiger partial charge on any atom is 0.0765 e. The Labute approximate surface area is 99.3 Å². The van der Waals surface area contributed by atoms with E-state index in [0.717, 1.165) is 11.3 Å². The molecule has 1 heterocycles. The Hall–Kier alpha value is -1.74. The highest BCUT2D eigenvalue weighted by atomic mass is 35.5. The molecule has 2 aromatic rings. The number of aromatic nitrogens is 1. The highest BCUT2D eigenvalue weighted by molar-refractivity contribution is 6.33. The minimum atomic E-state index is 0.629. The van der Waals surface area contributed by atoms with Crippen LogP contribution in [0.5, 0.6) is 0 Å². The Balaban J connectivity index is 2.11. The molecule has 0 spiro atoms. The first-order valence-electron chi connectivity index (χ1n) is 4.94. The average Bonchev–Trinajstić information content (AvgIpc) is 2.30. The van der Waals surface area contributed by atoms with E-state index in [-0.39, 0.29) is 0 Å². The smallest absolute Gasteiger partial charge is 0.0765 e. The monoisotopic (exact) mass is 233 g/mol. The van der Waals surface area contributed by atoms with Crippen molar-refractivity contribution in [2.75, 3.05) is 11.1 Å². The molecule has 0 radical (unpaired) electrons. The van der Waals surface area contributed by atoms with Crippen LogP contribution in [0.3, 0.4) is 0 Å². The van der Waals surface area contributed by atoms with Crippen molar-refractivity contribution in [1.82, 2.24) is 4.98 Å². The van der Waals surface area contributed by atoms with Crippen LogP contribution in [0.15, 0.2) is 42.7 Å². The van der Waals surface area contributed by atoms with Gasteiger partial charge in [-0.2, -0.15) is 0 Å². The molecule has 3 N–H and O–H groups in total. The molecular weight excluding hydrogens is 222 g/mol. The number of benzene rings is 1. The Morgan fingerprint density at radius 1 is 1.25 bits per heavy atom. The molecule has 0 atom stereocenters. The molecule has 3 nitrogen and oxygen atoms in total. The van der Waals surface area contributed by atoms with Crippen LogP contribution in [0.1, 0.15) is 5.56 Å². The van der Waals surface area contributed by atoms with Crippen molar-refractivity contribution in [1.29, 1.82) is 0 Å². The SMILES string of the molecule is Nc1cccc(Cl)c1NCc1cccnc1. The number of para-hydroxylation sites is 1. The van der Waals surface area contributed by atoms with Gasteiger partial charge in [-0.25, -0.2) is 0 Å². The number of nitrogen functional groups attached to an aromatic ring is 1. The molecule has 0 fully saturated rings. The van der Waals surface area contributed by atoms with Crippen LogP contribution in [0, 0.1) is 0 Å². The third-order valence-corrected chi connectivity index (χ3v) is 2.55. The van der Waals surface area contributed by atoms with E-state index in [2.05, 4.69) is 10.3 Å². The van der Waals surface area contributed by atoms with Crippen molar-refractivity contribution in [2.45, 2.75) is 6.54 Å². The van der Waals surface area contributed by atoms with Crippen molar-refractivity contribution in [3.05, 3.63) is 53.3 Å². The molecule has 0 saturated carbocycles. The number of nitrogens with two attached hydrogens (primary N) is 1. The predicted octanol–water partition coefficient (Wildman–Crippen LogP) is 2.93. The molecule has 0 aliphatic carbocycles. The van der Waals surface area contributed by atoms with Crippen LogP contribution >= 0.6 is 11.6 Å². The summed E-state index contributed by atoms with van der Waals surface area (Å²) in [4.78, 5) is 4.04. The second kappa shape index (κ2) is 4.86. The fourth-order valence-corrected chi connectivity index (χ4v) is 1.67. The molecule has 0 bridgehead atoms. The number of pyridine rings is 1. The van der Waals surface area contributed by atoms with Gasteiger partial charge in [-0.15, -0.1) is 0 Å². The minimum Gasteiger partial charge on any atom is -0.397 e. The maximum absolute atomic E-state index is 6.04. The van der Waals surface area contributed by atoms with E-state index in [1.54, 1.807) is 12.4 Å². The highest BCUT2D eigenvalue weighted by Gasteiger charge is 2.03. The van der Waals surface area contributed by atoms with Crippen LogP contribution in [-0.2, 0) is 6.54 Å². The molecule has 0 aliphatic heterocycles. The second-order valence-electron chi connectivity index (χ2n) is 3.42. The molecule has 2 rings (SSSR count). The van der Waals surface area contributed by atoms with Crippen LogP contribution < -0.4 is 11.1 Å². The summed E-state index contributed by atoms with van der Waals surface area (Å²) in [6, 6.07) is 9.34. The Kier molecular flexibility index (Phi) is 3.27. The van der Waals surface area contributed by atoms with Gasteiger partial charge < -0.3 is 11.1 Å². The first-order valence-corrected chi connectivity index (χ1v) is 5.32. The van der Waals surface area contributed by atoms with Crippen molar-refractivity contribution in [2.24, 2.45) is 0 Å². The zero-order valence-corrected chi connectivity index (χ0v) is 9.41. The zero-order chi connectivity index (χ0) is 11.4. The normalized spacial score (nSPS) is 10.1. The molecule has 82 valence electrons. The van der Waals surface area contributed by atoms with E-state index in [9.17, 15) is 0 Å². The number of halogens is 1. The number of rotatable bonds is 3. The molecule has 16 heavy (non-hydrogen) atoms. The zero-order valence-electron chi connectivity index (χ0n) is 8.65. The molecule has 0 amide bonds. The summed E-state index contributed by atoms with van der Waals surface area (Å²) >= 11 is 6.04. The maximum atomic E-state index is 6.04. The minimum absolute atomic E-state index is 0.629. The van der Waals surface area contributed by atoms with Crippen LogP contribution in [0.25, 0.3) is 0 Å². The summed E-state index contributed by atoms with van der Waals surface area (Å²) in [7, 11) is 0. The number of hydrogen-bond acceptors (Lipinski definition) is 3. The molecule has 1 aromatic heterocycles. The average molecular weight is 234 g/mol. The number of anilines is 2. The van der Waals surface area contributed by atoms with Gasteiger partial charge in [0, 0.05) is 18.9 Å². The lowest BCUT2D eigenvalue weighted by atomic mass is 10.2. The van der Waals surface area contributed by atoms with Crippen molar-refractivity contribution in [3.63, 3.8) is 0 Å². The topological polar surface area (TPSA) is 50.9 Å². The first kappa shape index (κ1) is 10.8. The fraction of sp³-hybridized carbons (Fsp3) is 0.0833. The third kappa shape index (κ3) is 2.44. The van der Waals surface area contributed by atoms with Crippen molar-refractivity contribution < 1.29 is 0 Å². The number of nitrogens with zero attached hydrogens (tertiary/aromatic N) is 1. The Bertz CT molecular complexity index is 451. The van der Waals surface area contributed by atoms with E-state index in [4.69, 9.17) is 17.3 Å². The third-order valence-electron chi connectivity index (χ3n) is 2.24. The predicted molar refractivity (Wildman–Crippen MR) is 67.4 cm³/mol. The van der Waals surface area contributed by atoms with E-state index >= 15 is 0 Å². The van der Waals surface area contributed by atoms with Crippen LogP contribution in [0.4, 0.5) is 11.4 Å². The summed E-state index contributed by atoms with van der Waals surface area (Å²) in [6.07, 6.45) is 3.55. The van der Waals surface area contributed by atoms with Gasteiger partial charge in [0.2, 0.25) is 0 Å². The van der Waals surface area contributed by atoms with Gasteiger partial charge in [-0.1, -0.05) is 23.7 Å². The van der Waals surface area contributed by atoms with Gasteiger partial charge in [-0.3, -0.25) is 4.98 Å². The summed E-state index contributed by atoms with van der Waals surface area (Å²) in [5.41, 5.74) is 8.33. The number of nitrogens with one attached hydrogen (secondary N) is 1. The molecule has 0 unspecified atom stereocenters. The number of hydrogen-bond donors (Lipinski definition) is 2. The largest absolute Gasteiger partial charge is 0.397 e. The van der Waals surface area contributed by atoms with Gasteiger partial charge in [0.15, 0.2) is 0 Å². The molecule has 0 aliphatic rings. The lowest BCUT2D eigenvalue weighted by Gasteiger charge is -2.10. The second-order valence-corrected chi connectivity index (χ2v) is 3.83. The van der Waals surface area contributed by atoms with E-state index in [1.807, 2.05) is 30.3 Å². The summed E-state index contributed by atoms with van der Waals surface area (Å²) in [5.74, 6) is 0.